The summed E-state index contributed by atoms with van der Waals surface area (Å²) in [6.07, 6.45) is 0. The van der Waals surface area contributed by atoms with Crippen LogP contribution in [-0.2, 0) is 14.8 Å². The highest BCUT2D eigenvalue weighted by Crippen LogP contribution is 2.35. The van der Waals surface area contributed by atoms with Gasteiger partial charge in [-0.25, -0.2) is 12.7 Å². The predicted octanol–water partition coefficient (Wildman–Crippen LogP) is 0.423. The van der Waals surface area contributed by atoms with Crippen LogP contribution >= 0.6 is 12.6 Å². The summed E-state index contributed by atoms with van der Waals surface area (Å²) >= 11 is 3.95. The highest BCUT2D eigenvalue weighted by Gasteiger charge is 2.59. The molecule has 1 aliphatic heterocycles. The van der Waals surface area contributed by atoms with Crippen molar-refractivity contribution in [2.75, 3.05) is 12.3 Å². The van der Waals surface area contributed by atoms with E-state index in [0.29, 0.717) is 11.3 Å². The molecule has 4 nitrogen and oxygen atoms in total. The van der Waals surface area contributed by atoms with Crippen molar-refractivity contribution in [3.63, 3.8) is 0 Å². The standard InChI is InChI=1S/C8H13NO3S2/c1-6(5-13)4-9-7(10)8(2,3)14(9,11)12/h13H,1,4-5H2,2-3H3. The van der Waals surface area contributed by atoms with Gasteiger partial charge in [-0.15, -0.1) is 0 Å². The summed E-state index contributed by atoms with van der Waals surface area (Å²) < 4.78 is 22.7. The third-order valence-electron chi connectivity index (χ3n) is 2.27. The van der Waals surface area contributed by atoms with E-state index in [-0.39, 0.29) is 12.5 Å². The smallest absolute Gasteiger partial charge is 0.259 e. The van der Waals surface area contributed by atoms with Crippen LogP contribution < -0.4 is 0 Å². The molecule has 1 fully saturated rings. The second-order valence-corrected chi connectivity index (χ2v) is 6.46. The Morgan fingerprint density at radius 2 is 2.07 bits per heavy atom. The number of thiol groups is 1. The fourth-order valence-electron chi connectivity index (χ4n) is 1.17. The number of sulfonamides is 1. The number of carbonyl (C=O) groups excluding carboxylic acids is 1. The normalized spacial score (nSPS) is 23.1. The van der Waals surface area contributed by atoms with Crippen molar-refractivity contribution in [3.8, 4) is 0 Å². The van der Waals surface area contributed by atoms with Crippen LogP contribution in [0.15, 0.2) is 12.2 Å². The Morgan fingerprint density at radius 3 is 2.43 bits per heavy atom. The average Bonchev–Trinajstić information content (AvgIpc) is 2.12. The topological polar surface area (TPSA) is 54.5 Å². The lowest BCUT2D eigenvalue weighted by Crippen LogP contribution is -2.67. The summed E-state index contributed by atoms with van der Waals surface area (Å²) in [6, 6.07) is 0. The first-order valence-corrected chi connectivity index (χ1v) is 6.16. The molecule has 1 aliphatic rings. The molecule has 1 saturated heterocycles. The van der Waals surface area contributed by atoms with Crippen LogP contribution in [0.25, 0.3) is 0 Å². The zero-order valence-corrected chi connectivity index (χ0v) is 9.86. The van der Waals surface area contributed by atoms with E-state index >= 15 is 0 Å². The molecular formula is C8H13NO3S2. The van der Waals surface area contributed by atoms with Gasteiger partial charge >= 0.3 is 0 Å². The second kappa shape index (κ2) is 3.27. The van der Waals surface area contributed by atoms with E-state index in [4.69, 9.17) is 0 Å². The molecule has 0 aromatic rings. The van der Waals surface area contributed by atoms with Gasteiger partial charge in [0.2, 0.25) is 0 Å². The predicted molar refractivity (Wildman–Crippen MR) is 57.7 cm³/mol. The first kappa shape index (κ1) is 11.6. The van der Waals surface area contributed by atoms with Crippen LogP contribution in [0.2, 0.25) is 0 Å². The minimum absolute atomic E-state index is 0.0497. The van der Waals surface area contributed by atoms with Crippen molar-refractivity contribution in [1.29, 1.82) is 0 Å². The van der Waals surface area contributed by atoms with Gasteiger partial charge in [0, 0.05) is 5.75 Å². The highest BCUT2D eigenvalue weighted by atomic mass is 32.2. The monoisotopic (exact) mass is 235 g/mol. The molecule has 0 saturated carbocycles. The molecule has 0 spiro atoms. The fourth-order valence-corrected chi connectivity index (χ4v) is 2.81. The van der Waals surface area contributed by atoms with Crippen molar-refractivity contribution in [2.24, 2.45) is 0 Å². The van der Waals surface area contributed by atoms with Crippen LogP contribution in [-0.4, -0.2) is 35.7 Å². The Labute approximate surface area is 89.4 Å². The molecule has 1 amide bonds. The Morgan fingerprint density at radius 1 is 1.57 bits per heavy atom. The van der Waals surface area contributed by atoms with Crippen LogP contribution in [0.1, 0.15) is 13.8 Å². The van der Waals surface area contributed by atoms with Crippen LogP contribution in [0, 0.1) is 0 Å². The summed E-state index contributed by atoms with van der Waals surface area (Å²) in [5.74, 6) is 0.000132. The summed E-state index contributed by atoms with van der Waals surface area (Å²) in [7, 11) is -3.47. The first-order valence-electron chi connectivity index (χ1n) is 4.09. The van der Waals surface area contributed by atoms with Gasteiger partial charge in [0.05, 0.1) is 6.54 Å². The first-order chi connectivity index (χ1) is 6.25. The van der Waals surface area contributed by atoms with Gasteiger partial charge in [0.25, 0.3) is 15.9 Å². The molecule has 0 aliphatic carbocycles. The molecule has 0 aromatic carbocycles. The number of carbonyl (C=O) groups is 1. The summed E-state index contributed by atoms with van der Waals surface area (Å²) in [5, 5.41) is 0. The van der Waals surface area contributed by atoms with Crippen molar-refractivity contribution >= 4 is 28.6 Å². The van der Waals surface area contributed by atoms with Crippen LogP contribution in [0.3, 0.4) is 0 Å². The van der Waals surface area contributed by atoms with E-state index in [1.54, 1.807) is 0 Å². The van der Waals surface area contributed by atoms with E-state index in [2.05, 4.69) is 19.2 Å². The van der Waals surface area contributed by atoms with Crippen LogP contribution in [0.4, 0.5) is 0 Å². The Kier molecular flexibility index (Phi) is 2.71. The van der Waals surface area contributed by atoms with Crippen LogP contribution in [0.5, 0.6) is 0 Å². The molecule has 0 unspecified atom stereocenters. The van der Waals surface area contributed by atoms with Gasteiger partial charge in [-0.2, -0.15) is 12.6 Å². The molecule has 14 heavy (non-hydrogen) atoms. The number of rotatable bonds is 3. The largest absolute Gasteiger partial charge is 0.272 e. The van der Waals surface area contributed by atoms with Crippen molar-refractivity contribution in [2.45, 2.75) is 18.6 Å². The highest BCUT2D eigenvalue weighted by molar-refractivity contribution is 7.94. The maximum Gasteiger partial charge on any atom is 0.259 e. The van der Waals surface area contributed by atoms with E-state index in [1.807, 2.05) is 0 Å². The molecule has 80 valence electrons. The molecule has 6 heteroatoms. The second-order valence-electron chi connectivity index (χ2n) is 3.74. The van der Waals surface area contributed by atoms with Gasteiger partial charge in [0.1, 0.15) is 0 Å². The number of hydrogen-bond acceptors (Lipinski definition) is 4. The number of amides is 1. The maximum absolute atomic E-state index is 11.6. The Bertz CT molecular complexity index is 383. The van der Waals surface area contributed by atoms with Gasteiger partial charge in [-0.3, -0.25) is 4.79 Å². The Hall–Kier alpha value is -0.490. The SMILES string of the molecule is C=C(CS)CN1C(=O)C(C)(C)S1(=O)=O. The van der Waals surface area contributed by atoms with Gasteiger partial charge in [0.15, 0.2) is 4.75 Å². The van der Waals surface area contributed by atoms with E-state index < -0.39 is 14.8 Å². The lowest BCUT2D eigenvalue weighted by Gasteiger charge is -2.43. The lowest BCUT2D eigenvalue weighted by atomic mass is 10.2. The third kappa shape index (κ3) is 1.37. The fraction of sp³-hybridized carbons (Fsp3) is 0.625. The zero-order valence-electron chi connectivity index (χ0n) is 8.15. The molecule has 0 bridgehead atoms. The van der Waals surface area contributed by atoms with Crippen molar-refractivity contribution in [1.82, 2.24) is 4.31 Å². The molecule has 1 rings (SSSR count). The molecule has 0 radical (unpaired) electrons. The molecule has 0 N–H and O–H groups in total. The van der Waals surface area contributed by atoms with E-state index in [0.717, 1.165) is 4.31 Å². The zero-order chi connectivity index (χ0) is 11.1. The average molecular weight is 235 g/mol. The summed E-state index contributed by atoms with van der Waals surface area (Å²) in [6.45, 7) is 6.47. The third-order valence-corrected chi connectivity index (χ3v) is 5.05. The molecule has 1 heterocycles. The van der Waals surface area contributed by atoms with Gasteiger partial charge < -0.3 is 0 Å². The van der Waals surface area contributed by atoms with Crippen molar-refractivity contribution in [3.05, 3.63) is 12.2 Å². The van der Waals surface area contributed by atoms with Crippen molar-refractivity contribution < 1.29 is 13.2 Å². The molecular weight excluding hydrogens is 222 g/mol. The lowest BCUT2D eigenvalue weighted by molar-refractivity contribution is -0.131. The molecule has 0 aromatic heterocycles. The Balaban J connectivity index is 2.87. The summed E-state index contributed by atoms with van der Waals surface area (Å²) in [4.78, 5) is 11.4. The van der Waals surface area contributed by atoms with E-state index in [9.17, 15) is 13.2 Å². The summed E-state index contributed by atoms with van der Waals surface area (Å²) in [5.41, 5.74) is 0.612. The van der Waals surface area contributed by atoms with E-state index in [1.165, 1.54) is 13.8 Å². The maximum atomic E-state index is 11.6. The minimum atomic E-state index is -3.47. The number of nitrogens with zero attached hydrogens (tertiary/aromatic N) is 1. The quantitative estimate of drug-likeness (QED) is 0.570. The number of hydrogen-bond donors (Lipinski definition) is 1. The van der Waals surface area contributed by atoms with Gasteiger partial charge in [-0.05, 0) is 19.4 Å². The minimum Gasteiger partial charge on any atom is -0.272 e. The molecule has 0 atom stereocenters. The van der Waals surface area contributed by atoms with Gasteiger partial charge in [-0.1, -0.05) is 6.58 Å².